The van der Waals surface area contributed by atoms with E-state index < -0.39 is 0 Å². The van der Waals surface area contributed by atoms with Crippen LogP contribution in [0.1, 0.15) is 211 Å². The van der Waals surface area contributed by atoms with Crippen LogP contribution in [0, 0.1) is 60.3 Å². The summed E-state index contributed by atoms with van der Waals surface area (Å²) >= 11 is 0. The van der Waals surface area contributed by atoms with Crippen LogP contribution in [0.4, 0.5) is 0 Å². The first-order valence-corrected chi connectivity index (χ1v) is 49.8. The number of hydrogen-bond acceptors (Lipinski definition) is 5. The average molecular weight is 1820 g/mol. The van der Waals surface area contributed by atoms with Crippen LogP contribution in [0.25, 0.3) is 149 Å². The lowest BCUT2D eigenvalue weighted by atomic mass is 9.60. The first-order chi connectivity index (χ1) is 65.2. The number of fused-ring (bicyclic) bond motifs is 17. The number of aromatic nitrogens is 9. The molecule has 0 aliphatic carbocycles. The molecule has 0 spiro atoms. The van der Waals surface area contributed by atoms with Crippen molar-refractivity contribution < 1.29 is 32.6 Å². The van der Waals surface area contributed by atoms with Crippen molar-refractivity contribution in [3.8, 4) is 62.5 Å². The third-order valence-corrected chi connectivity index (χ3v) is 30.8. The van der Waals surface area contributed by atoms with E-state index in [1.807, 2.05) is 6.20 Å². The van der Waals surface area contributed by atoms with E-state index >= 15 is 0 Å². The Labute approximate surface area is 808 Å². The van der Waals surface area contributed by atoms with Gasteiger partial charge in [0.1, 0.15) is 51.4 Å². The fourth-order valence-corrected chi connectivity index (χ4v) is 23.3. The quantitative estimate of drug-likeness (QED) is 0.0711. The zero-order chi connectivity index (χ0) is 97.3. The van der Waals surface area contributed by atoms with E-state index in [4.69, 9.17) is 23.9 Å². The van der Waals surface area contributed by atoms with E-state index in [1.165, 1.54) is 199 Å². The van der Waals surface area contributed by atoms with E-state index in [-0.39, 0.29) is 46.1 Å². The van der Waals surface area contributed by atoms with Crippen LogP contribution in [0.2, 0.25) is 0 Å². The van der Waals surface area contributed by atoms with E-state index in [1.54, 1.807) is 0 Å². The zero-order valence-electron chi connectivity index (χ0n) is 86.5. The molecule has 0 fully saturated rings. The first-order valence-electron chi connectivity index (χ1n) is 49.8. The largest absolute Gasteiger partial charge is 0.491 e. The molecule has 137 heavy (non-hydrogen) atoms. The molecule has 0 saturated carbocycles. The highest BCUT2D eigenvalue weighted by molar-refractivity contribution is 6.17. The van der Waals surface area contributed by atoms with Gasteiger partial charge >= 0.3 is 0 Å². The van der Waals surface area contributed by atoms with Gasteiger partial charge in [-0.1, -0.05) is 241 Å². The summed E-state index contributed by atoms with van der Waals surface area (Å²) in [7, 11) is 6.65. The van der Waals surface area contributed by atoms with Crippen LogP contribution in [-0.2, 0) is 55.6 Å². The van der Waals surface area contributed by atoms with Gasteiger partial charge in [0.05, 0.1) is 101 Å². The Bertz CT molecular complexity index is 7990. The first kappa shape index (κ1) is 92.8. The standard InChI is InChI=1S/C34H41N2O.C33H37N2O.C32H36N3O.C25H24N2O/c1-21(2)18-25-12-11-13-26(19-22(3)4)33(25)30-20-35(8)34-32-24(7)31(37-23(5)6)17-16-28(32)27-14-9-10-15-29(27)36(30)34;1-19(2)36-25-18-16-23-26-20(3)15-17-24-29(26)35-30(33(7,8)32(24,5)6)28(22-13-11-10-12-14-22)34(9)31(35)27(23)21(25)4;1-18(2)36-23-17-33-26-24-19(3)15-16-22-28(24)35-29(32(7,8)31(22,5)6)27(21-13-11-10-12-14-21)34(9)30(35)25(26)20(23)4;1-16(2)28-24-15-9-14-20(18(24)4)26-22-12-7-8-13-23(22)27-21-11-6-5-10-19(21)17(3)25(26)27/h9-17,20-23H,18-19H2,1-8H3;10-19H,1-9H3;10-18H,1-9H3;5-16H,1-4H3/q3*+1;. The van der Waals surface area contributed by atoms with Crippen LogP contribution in [0.15, 0.2) is 231 Å². The van der Waals surface area contributed by atoms with Crippen LogP contribution in [0.5, 0.6) is 23.0 Å². The molecule has 700 valence electrons. The minimum absolute atomic E-state index is 0.0554. The summed E-state index contributed by atoms with van der Waals surface area (Å²) in [6.45, 7) is 60.7. The maximum absolute atomic E-state index is 6.30. The van der Waals surface area contributed by atoms with Gasteiger partial charge in [0.2, 0.25) is 0 Å². The average Bonchev–Trinajstić information content (AvgIpc) is 1.53. The van der Waals surface area contributed by atoms with Crippen molar-refractivity contribution in [1.82, 2.24) is 27.2 Å². The molecule has 2 aliphatic heterocycles. The zero-order valence-corrected chi connectivity index (χ0v) is 86.5. The van der Waals surface area contributed by atoms with Crippen molar-refractivity contribution in [2.24, 2.45) is 33.0 Å². The summed E-state index contributed by atoms with van der Waals surface area (Å²) in [6, 6.07) is 79.3. The third-order valence-electron chi connectivity index (χ3n) is 30.8. The molecule has 0 saturated heterocycles. The van der Waals surface area contributed by atoms with Gasteiger partial charge in [0, 0.05) is 104 Å². The Hall–Kier alpha value is -13.3. The van der Waals surface area contributed by atoms with Crippen molar-refractivity contribution in [3.05, 3.63) is 303 Å². The van der Waals surface area contributed by atoms with Gasteiger partial charge in [-0.25, -0.2) is 13.7 Å². The highest BCUT2D eigenvalue weighted by Crippen LogP contribution is 2.57. The Morgan fingerprint density at radius 3 is 1.28 bits per heavy atom. The summed E-state index contributed by atoms with van der Waals surface area (Å²) in [5, 5.41) is 11.5. The van der Waals surface area contributed by atoms with Crippen molar-refractivity contribution in [1.29, 1.82) is 0 Å². The molecule has 11 heterocycles. The monoisotopic (exact) mass is 1820 g/mol. The SMILES string of the molecule is Cc1c(OC(C)C)ccc2c3ccccc3n3c(-c4c(CC(C)C)cccc4CC(C)C)c[n+](C)c3c12.Cc1c(OC(C)C)cccc1-n1c2ccccc2n2c3ccccc3c(C)c12.Cc1ccc2c3c1c1ccc(OC(C)C)c(C)c1c1n3c(c(-c3ccccc3)[n+]1C)C(C)(C)C2(C)C.Cc1ccc2c3c1c1ncc(OC(C)C)c(C)c1c1n3c(c(-c3ccccc3)[n+]1C)C(C)(C)C2(C)C. The molecule has 13 nitrogen and oxygen atoms in total. The van der Waals surface area contributed by atoms with Crippen LogP contribution >= 0.6 is 0 Å². The second kappa shape index (κ2) is 34.5. The maximum atomic E-state index is 6.30. The van der Waals surface area contributed by atoms with Crippen molar-refractivity contribution >= 4 is 110 Å². The smallest absolute Gasteiger partial charge is 0.297 e. The maximum Gasteiger partial charge on any atom is 0.297 e. The molecule has 20 aromatic rings. The van der Waals surface area contributed by atoms with Crippen LogP contribution in [0.3, 0.4) is 0 Å². The van der Waals surface area contributed by atoms with Gasteiger partial charge in [-0.2, -0.15) is 13.2 Å². The van der Waals surface area contributed by atoms with E-state index in [0.717, 1.165) is 58.2 Å². The molecule has 22 rings (SSSR count). The molecule has 0 unspecified atom stereocenters. The van der Waals surface area contributed by atoms with Gasteiger partial charge in [-0.3, -0.25) is 14.0 Å². The number of benzene rings is 11. The van der Waals surface area contributed by atoms with Gasteiger partial charge in [-0.15, -0.1) is 0 Å². The summed E-state index contributed by atoms with van der Waals surface area (Å²) in [6.07, 6.45) is 6.88. The summed E-state index contributed by atoms with van der Waals surface area (Å²) in [4.78, 5) is 5.08. The number of pyridine rings is 4. The summed E-state index contributed by atoms with van der Waals surface area (Å²) < 4.78 is 44.4. The van der Waals surface area contributed by atoms with Gasteiger partial charge in [0.15, 0.2) is 28.5 Å². The fourth-order valence-electron chi connectivity index (χ4n) is 23.3. The highest BCUT2D eigenvalue weighted by Gasteiger charge is 2.55. The predicted octanol–water partition coefficient (Wildman–Crippen LogP) is 29.5. The molecule has 9 aromatic heterocycles. The van der Waals surface area contributed by atoms with Gasteiger partial charge in [0.25, 0.3) is 16.9 Å². The fraction of sp³-hybridized carbons (Fsp3) is 0.339. The molecular formula is C124H138N9O4+3. The molecule has 0 amide bonds. The molecule has 0 bridgehead atoms. The predicted molar refractivity (Wildman–Crippen MR) is 572 cm³/mol. The molecule has 11 aromatic carbocycles. The molecule has 0 atom stereocenters. The van der Waals surface area contributed by atoms with Crippen LogP contribution in [-0.4, -0.2) is 51.6 Å². The lowest BCUT2D eigenvalue weighted by Gasteiger charge is -2.43. The Morgan fingerprint density at radius 2 is 0.759 bits per heavy atom. The molecule has 13 heteroatoms. The topological polar surface area (TPSA) is 84.0 Å². The van der Waals surface area contributed by atoms with E-state index in [2.05, 4.69) is 469 Å². The van der Waals surface area contributed by atoms with Gasteiger partial charge in [-0.05, 0) is 211 Å². The summed E-state index contributed by atoms with van der Waals surface area (Å²) in [5.41, 5.74) is 39.0. The Morgan fingerprint density at radius 1 is 0.336 bits per heavy atom. The second-order valence-electron chi connectivity index (χ2n) is 43.2. The second-order valence-corrected chi connectivity index (χ2v) is 43.2. The summed E-state index contributed by atoms with van der Waals surface area (Å²) in [5.74, 6) is 4.90. The normalized spacial score (nSPS) is 14.2. The number of ether oxygens (including phenoxy) is 4. The van der Waals surface area contributed by atoms with Crippen LogP contribution < -0.4 is 32.6 Å². The molecule has 2 aliphatic rings. The number of nitrogens with zero attached hydrogens (tertiary/aromatic N) is 9. The minimum atomic E-state index is -0.126. The third kappa shape index (κ3) is 14.5. The van der Waals surface area contributed by atoms with E-state index in [0.29, 0.717) is 11.8 Å². The highest BCUT2D eigenvalue weighted by atomic mass is 16.5. The number of rotatable bonds is 16. The molecule has 0 radical (unpaired) electrons. The Kier molecular flexibility index (Phi) is 23.3. The van der Waals surface area contributed by atoms with Crippen molar-refractivity contribution in [3.63, 3.8) is 0 Å². The van der Waals surface area contributed by atoms with Gasteiger partial charge < -0.3 is 18.9 Å². The number of aryl methyl sites for hydroxylation is 9. The van der Waals surface area contributed by atoms with E-state index in [9.17, 15) is 0 Å². The molecular weight excluding hydrogens is 1680 g/mol. The number of hydrogen-bond donors (Lipinski definition) is 0. The molecule has 0 N–H and O–H groups in total. The number of para-hydroxylation sites is 4. The lowest BCUT2D eigenvalue weighted by molar-refractivity contribution is -0.643. The van der Waals surface area contributed by atoms with Crippen molar-refractivity contribution in [2.75, 3.05) is 0 Å². The minimum Gasteiger partial charge on any atom is -0.491 e. The Balaban J connectivity index is 0.000000117. The van der Waals surface area contributed by atoms with Crippen molar-refractivity contribution in [2.45, 2.75) is 246 Å². The number of imidazole rings is 4. The lowest BCUT2D eigenvalue weighted by Crippen LogP contribution is -2.44.